The number of piperidine rings is 1. The molecule has 27 heavy (non-hydrogen) atoms. The van der Waals surface area contributed by atoms with Crippen LogP contribution < -0.4 is 5.31 Å². The summed E-state index contributed by atoms with van der Waals surface area (Å²) >= 11 is 6.49. The Morgan fingerprint density at radius 2 is 2.33 bits per heavy atom. The molecule has 0 spiro atoms. The van der Waals surface area contributed by atoms with Crippen molar-refractivity contribution < 1.29 is 27.7 Å². The topological polar surface area (TPSA) is 64.8 Å². The van der Waals surface area contributed by atoms with Gasteiger partial charge in [0.1, 0.15) is 25.4 Å². The molecule has 0 aliphatic carbocycles. The Balaban J connectivity index is 2.06. The molecule has 0 radical (unpaired) electrons. The number of rotatable bonds is 4. The molecule has 0 unspecified atom stereocenters. The molecule has 0 amide bonds. The summed E-state index contributed by atoms with van der Waals surface area (Å²) < 4.78 is 158. The number of nitriles is 1. The second kappa shape index (κ2) is 7.77. The normalized spacial score (nSPS) is 34.0. The minimum absolute atomic E-state index is 0.254. The van der Waals surface area contributed by atoms with Gasteiger partial charge in [-0.3, -0.25) is 4.90 Å². The predicted molar refractivity (Wildman–Crippen MR) is 105 cm³/mol. The number of anilines is 1. The number of fused-ring (bicyclic) bond motifs is 1. The first-order valence-corrected chi connectivity index (χ1v) is 8.22. The van der Waals surface area contributed by atoms with E-state index in [0.717, 1.165) is 0 Å². The molecule has 1 fully saturated rings. The van der Waals surface area contributed by atoms with Gasteiger partial charge < -0.3 is 5.31 Å². The smallest absolute Gasteiger partial charge is 0.162 e. The van der Waals surface area contributed by atoms with E-state index in [2.05, 4.69) is 9.97 Å². The van der Waals surface area contributed by atoms with Crippen LogP contribution in [0.5, 0.6) is 0 Å². The second-order valence-corrected chi connectivity index (χ2v) is 6.38. The van der Waals surface area contributed by atoms with E-state index >= 15 is 0 Å². The third-order valence-corrected chi connectivity index (χ3v) is 4.22. The summed E-state index contributed by atoms with van der Waals surface area (Å²) in [7, 11) is 0. The van der Waals surface area contributed by atoms with Gasteiger partial charge in [0, 0.05) is 39.2 Å². The van der Waals surface area contributed by atoms with E-state index in [4.69, 9.17) is 34.9 Å². The lowest BCUT2D eigenvalue weighted by atomic mass is 10.0. The summed E-state index contributed by atoms with van der Waals surface area (Å²) in [5.41, 5.74) is -3.10. The second-order valence-electron chi connectivity index (χ2n) is 4.76. The Bertz CT molecular complexity index is 1730. The molecule has 0 saturated carbocycles. The van der Waals surface area contributed by atoms with Crippen molar-refractivity contribution in [2.75, 3.05) is 18.3 Å². The summed E-state index contributed by atoms with van der Waals surface area (Å²) in [6.45, 7) is -12.3. The van der Waals surface area contributed by atoms with E-state index in [1.165, 1.54) is 6.07 Å². The molecule has 3 heterocycles. The Kier molecular flexibility index (Phi) is 2.00. The van der Waals surface area contributed by atoms with Crippen LogP contribution in [0.2, 0.25) is 5.75 Å². The largest absolute Gasteiger partial charge is 0.366 e. The van der Waals surface area contributed by atoms with Gasteiger partial charge in [-0.15, -0.1) is 11.3 Å². The predicted octanol–water partition coefficient (Wildman–Crippen LogP) is 4.43. The highest BCUT2D eigenvalue weighted by Crippen LogP contribution is 2.33. The van der Waals surface area contributed by atoms with Crippen LogP contribution in [0.4, 0.5) is 10.2 Å². The number of hydrogen-bond donors (Lipinski definition) is 1. The highest BCUT2D eigenvalue weighted by molar-refractivity contribution is 7.23. The number of thiophene rings is 1. The standard InChI is InChI=1S/C19H17ClFN5S/c20-17-8-16-18(27-17)19(24-11-23-16)25-14-3-5-26(6-4-14)10-12-1-2-15(21)13(7-12)9-22/h1-2,7-8,11,14H,3-6,10H2,(H,23,24,25)/i1D,2D,3D2,4D2,5D2,6D2,7D,8D,10D2,11D,14D/hD. The van der Waals surface area contributed by atoms with Gasteiger partial charge >= 0.3 is 0 Å². The summed E-state index contributed by atoms with van der Waals surface area (Å²) in [5, 5.41) is 8.94. The lowest BCUT2D eigenvalue weighted by Crippen LogP contribution is -2.38. The van der Waals surface area contributed by atoms with E-state index in [1.54, 1.807) is 0 Å². The molecule has 1 N–H and O–H groups in total. The summed E-state index contributed by atoms with van der Waals surface area (Å²) in [5.74, 6) is -2.63. The third kappa shape index (κ3) is 4.03. The van der Waals surface area contributed by atoms with Gasteiger partial charge in [-0.05, 0) is 36.4 Å². The fourth-order valence-corrected chi connectivity index (χ4v) is 2.95. The zero-order chi connectivity index (χ0) is 33.9. The zero-order valence-electron chi connectivity index (χ0n) is 29.9. The molecule has 1 aliphatic heterocycles. The SMILES string of the molecule is [2H]c1nc(N([2H])C2([2H])C([2H])([2H])C([2H])([2H])N(C([2H])([2H])c3c([2H])c([2H])c(F)c(C#N)c3[2H])C([2H])([2H])C2([2H])[2H])c2sc(Cl)c([2H])c2n1. The summed E-state index contributed by atoms with van der Waals surface area (Å²) in [6.07, 6.45) is -9.24. The van der Waals surface area contributed by atoms with Crippen molar-refractivity contribution in [3.05, 3.63) is 51.8 Å². The summed E-state index contributed by atoms with van der Waals surface area (Å²) in [4.78, 5) is 6.62. The molecule has 1 aliphatic rings. The maximum Gasteiger partial charge on any atom is 0.162 e. The van der Waals surface area contributed by atoms with Crippen LogP contribution in [0.1, 0.15) is 45.8 Å². The Morgan fingerprint density at radius 1 is 1.52 bits per heavy atom. The monoisotopic (exact) mass is 418 g/mol. The molecular weight excluding hydrogens is 385 g/mol. The van der Waals surface area contributed by atoms with Crippen LogP contribution in [0.25, 0.3) is 10.2 Å². The molecule has 2 aromatic heterocycles. The number of likely N-dealkylation sites (tertiary alicyclic amines) is 1. The van der Waals surface area contributed by atoms with Crippen molar-refractivity contribution >= 4 is 39.0 Å². The van der Waals surface area contributed by atoms with Crippen LogP contribution in [-0.4, -0.2) is 33.9 Å². The molecule has 0 bridgehead atoms. The zero-order valence-corrected chi connectivity index (χ0v) is 14.5. The fraction of sp³-hybridized carbons (Fsp3) is 0.316. The third-order valence-electron chi connectivity index (χ3n) is 3.04. The van der Waals surface area contributed by atoms with Gasteiger partial charge in [-0.1, -0.05) is 17.6 Å². The van der Waals surface area contributed by atoms with Crippen LogP contribution >= 0.6 is 22.9 Å². The average molecular weight is 419 g/mol. The lowest BCUT2D eigenvalue weighted by molar-refractivity contribution is 0.211. The molecular formula is C19H17ClFN5S. The van der Waals surface area contributed by atoms with Gasteiger partial charge in [0.15, 0.2) is 1.41 Å². The van der Waals surface area contributed by atoms with Crippen LogP contribution in [-0.2, 0) is 6.50 Å². The van der Waals surface area contributed by atoms with Gasteiger partial charge in [0.05, 0.1) is 27.0 Å². The van der Waals surface area contributed by atoms with Crippen LogP contribution in [0, 0.1) is 17.1 Å². The Labute approximate surface area is 189 Å². The van der Waals surface area contributed by atoms with Crippen molar-refractivity contribution in [1.29, 1.82) is 5.26 Å². The van der Waals surface area contributed by atoms with Gasteiger partial charge in [0.25, 0.3) is 0 Å². The Morgan fingerprint density at radius 3 is 3.11 bits per heavy atom. The lowest BCUT2D eigenvalue weighted by Gasteiger charge is -2.32. The molecule has 138 valence electrons. The first-order chi connectivity index (χ1) is 19.8. The maximum atomic E-state index is 14.5. The molecule has 1 saturated heterocycles. The van der Waals surface area contributed by atoms with Gasteiger partial charge in [0.2, 0.25) is 0 Å². The van der Waals surface area contributed by atoms with Crippen LogP contribution in [0.3, 0.4) is 0 Å². The van der Waals surface area contributed by atoms with Crippen molar-refractivity contribution in [1.82, 2.24) is 14.9 Å². The molecule has 0 atom stereocenters. The van der Waals surface area contributed by atoms with Crippen molar-refractivity contribution in [2.24, 2.45) is 0 Å². The summed E-state index contributed by atoms with van der Waals surface area (Å²) in [6, 6.07) is -7.60. The number of nitrogens with zero attached hydrogens (tertiary/aromatic N) is 4. The number of halogens is 2. The fourth-order valence-electron chi connectivity index (χ4n) is 1.92. The average Bonchev–Trinajstić information content (AvgIpc) is 3.17. The minimum atomic E-state index is -4.18. The van der Waals surface area contributed by atoms with E-state index in [9.17, 15) is 9.65 Å². The highest BCUT2D eigenvalue weighted by atomic mass is 35.5. The first-order valence-electron chi connectivity index (χ1n) is 15.5. The van der Waals surface area contributed by atoms with Crippen molar-refractivity contribution in [3.63, 3.8) is 0 Å². The number of hydrogen-bond acceptors (Lipinski definition) is 6. The van der Waals surface area contributed by atoms with E-state index < -0.39 is 96.4 Å². The van der Waals surface area contributed by atoms with E-state index in [-0.39, 0.29) is 19.9 Å². The minimum Gasteiger partial charge on any atom is -0.366 e. The molecule has 5 nitrogen and oxygen atoms in total. The maximum absolute atomic E-state index is 14.5. The van der Waals surface area contributed by atoms with E-state index in [1.807, 2.05) is 0 Å². The number of nitrogens with one attached hydrogen (secondary N) is 1. The highest BCUT2D eigenvalue weighted by Gasteiger charge is 2.21. The van der Waals surface area contributed by atoms with Crippen molar-refractivity contribution in [2.45, 2.75) is 25.3 Å². The molecule has 4 rings (SSSR count). The Hall–Kier alpha value is -2.27. The van der Waals surface area contributed by atoms with Crippen molar-refractivity contribution in [3.8, 4) is 6.07 Å². The molecule has 8 heteroatoms. The van der Waals surface area contributed by atoms with Gasteiger partial charge in [-0.2, -0.15) is 5.26 Å². The number of benzene rings is 1. The van der Waals surface area contributed by atoms with E-state index in [0.29, 0.717) is 11.3 Å². The quantitative estimate of drug-likeness (QED) is 0.678. The van der Waals surface area contributed by atoms with Gasteiger partial charge in [-0.25, -0.2) is 14.4 Å². The number of aromatic nitrogens is 2. The first kappa shape index (κ1) is 6.96. The molecule has 3 aromatic rings. The molecule has 1 aromatic carbocycles. The van der Waals surface area contributed by atoms with Crippen LogP contribution in [0.15, 0.2) is 30.5 Å².